The Morgan fingerprint density at radius 2 is 2.06 bits per heavy atom. The van der Waals surface area contributed by atoms with Gasteiger partial charge in [-0.3, -0.25) is 0 Å². The summed E-state index contributed by atoms with van der Waals surface area (Å²) in [6, 6.07) is 5.51. The predicted molar refractivity (Wildman–Crippen MR) is 64.2 cm³/mol. The molecule has 0 bridgehead atoms. The highest BCUT2D eigenvalue weighted by atomic mass is 19.1. The lowest BCUT2D eigenvalue weighted by Crippen LogP contribution is -2.44. The zero-order chi connectivity index (χ0) is 11.4. The van der Waals surface area contributed by atoms with Gasteiger partial charge in [-0.15, -0.1) is 0 Å². The van der Waals surface area contributed by atoms with Crippen molar-refractivity contribution in [2.45, 2.75) is 13.3 Å². The molecular formula is C13H19FN2. The molecule has 16 heavy (non-hydrogen) atoms. The predicted octanol–water partition coefficient (Wildman–Crippen LogP) is 1.58. The zero-order valence-corrected chi connectivity index (χ0v) is 9.80. The molecule has 1 aliphatic rings. The second-order valence-corrected chi connectivity index (χ2v) is 4.44. The quantitative estimate of drug-likeness (QED) is 0.835. The van der Waals surface area contributed by atoms with E-state index in [-0.39, 0.29) is 5.82 Å². The summed E-state index contributed by atoms with van der Waals surface area (Å²) in [6.45, 7) is 7.14. The summed E-state index contributed by atoms with van der Waals surface area (Å²) in [5.41, 5.74) is 1.83. The van der Waals surface area contributed by atoms with Crippen LogP contribution < -0.4 is 5.32 Å². The summed E-state index contributed by atoms with van der Waals surface area (Å²) in [4.78, 5) is 2.38. The number of nitrogens with one attached hydrogen (secondary N) is 1. The van der Waals surface area contributed by atoms with Crippen molar-refractivity contribution in [3.05, 3.63) is 35.1 Å². The van der Waals surface area contributed by atoms with Gasteiger partial charge in [-0.2, -0.15) is 0 Å². The Morgan fingerprint density at radius 1 is 1.31 bits per heavy atom. The Balaban J connectivity index is 1.88. The van der Waals surface area contributed by atoms with Gasteiger partial charge in [-0.05, 0) is 30.5 Å². The average Bonchev–Trinajstić information content (AvgIpc) is 2.29. The monoisotopic (exact) mass is 222 g/mol. The number of piperazine rings is 1. The Bertz CT molecular complexity index is 346. The van der Waals surface area contributed by atoms with Gasteiger partial charge in [0.1, 0.15) is 5.82 Å². The van der Waals surface area contributed by atoms with Gasteiger partial charge in [-0.1, -0.05) is 12.1 Å². The second kappa shape index (κ2) is 5.41. The fourth-order valence-electron chi connectivity index (χ4n) is 2.07. The van der Waals surface area contributed by atoms with Gasteiger partial charge in [0.05, 0.1) is 0 Å². The van der Waals surface area contributed by atoms with Gasteiger partial charge in [0.2, 0.25) is 0 Å². The van der Waals surface area contributed by atoms with Crippen molar-refractivity contribution in [1.82, 2.24) is 10.2 Å². The summed E-state index contributed by atoms with van der Waals surface area (Å²) in [5, 5.41) is 3.32. The van der Waals surface area contributed by atoms with Crippen LogP contribution in [0.25, 0.3) is 0 Å². The molecule has 0 atom stereocenters. The molecule has 3 heteroatoms. The first-order chi connectivity index (χ1) is 7.75. The third-order valence-electron chi connectivity index (χ3n) is 3.12. The van der Waals surface area contributed by atoms with Gasteiger partial charge in [0.25, 0.3) is 0 Å². The van der Waals surface area contributed by atoms with E-state index in [1.807, 2.05) is 19.1 Å². The SMILES string of the molecule is Cc1ccc(CCN2CCNCC2)c(F)c1. The van der Waals surface area contributed by atoms with Crippen LogP contribution >= 0.6 is 0 Å². The van der Waals surface area contributed by atoms with Gasteiger partial charge < -0.3 is 10.2 Å². The van der Waals surface area contributed by atoms with Gasteiger partial charge in [0, 0.05) is 32.7 Å². The molecule has 2 nitrogen and oxygen atoms in total. The highest BCUT2D eigenvalue weighted by Gasteiger charge is 2.10. The van der Waals surface area contributed by atoms with Crippen molar-refractivity contribution in [3.8, 4) is 0 Å². The van der Waals surface area contributed by atoms with E-state index in [1.165, 1.54) is 0 Å². The first kappa shape index (κ1) is 11.6. The van der Waals surface area contributed by atoms with Crippen LogP contribution in [-0.2, 0) is 6.42 Å². The van der Waals surface area contributed by atoms with Crippen molar-refractivity contribution in [2.75, 3.05) is 32.7 Å². The van der Waals surface area contributed by atoms with E-state index in [9.17, 15) is 4.39 Å². The number of rotatable bonds is 3. The Labute approximate surface area is 96.5 Å². The van der Waals surface area contributed by atoms with Crippen molar-refractivity contribution >= 4 is 0 Å². The molecule has 1 N–H and O–H groups in total. The van der Waals surface area contributed by atoms with Gasteiger partial charge in [0.15, 0.2) is 0 Å². The molecule has 1 aromatic rings. The van der Waals surface area contributed by atoms with Crippen LogP contribution in [0, 0.1) is 12.7 Å². The van der Waals surface area contributed by atoms with Crippen molar-refractivity contribution < 1.29 is 4.39 Å². The molecule has 2 rings (SSSR count). The second-order valence-electron chi connectivity index (χ2n) is 4.44. The zero-order valence-electron chi connectivity index (χ0n) is 9.80. The summed E-state index contributed by atoms with van der Waals surface area (Å²) in [7, 11) is 0. The molecule has 0 saturated carbocycles. The van der Waals surface area contributed by atoms with Crippen molar-refractivity contribution in [3.63, 3.8) is 0 Å². The van der Waals surface area contributed by atoms with E-state index >= 15 is 0 Å². The molecule has 0 amide bonds. The molecule has 0 radical (unpaired) electrons. The Hall–Kier alpha value is -0.930. The molecule has 0 unspecified atom stereocenters. The summed E-state index contributed by atoms with van der Waals surface area (Å²) < 4.78 is 13.6. The molecule has 1 saturated heterocycles. The highest BCUT2D eigenvalue weighted by molar-refractivity contribution is 5.23. The normalized spacial score (nSPS) is 17.6. The van der Waals surface area contributed by atoms with Crippen molar-refractivity contribution in [2.24, 2.45) is 0 Å². The minimum Gasteiger partial charge on any atom is -0.314 e. The lowest BCUT2D eigenvalue weighted by molar-refractivity contribution is 0.243. The number of hydrogen-bond acceptors (Lipinski definition) is 2. The van der Waals surface area contributed by atoms with Crippen LogP contribution in [0.1, 0.15) is 11.1 Å². The van der Waals surface area contributed by atoms with Crippen LogP contribution in [-0.4, -0.2) is 37.6 Å². The van der Waals surface area contributed by atoms with E-state index in [0.717, 1.165) is 50.3 Å². The van der Waals surface area contributed by atoms with E-state index in [2.05, 4.69) is 10.2 Å². The maximum absolute atomic E-state index is 13.6. The fourth-order valence-corrected chi connectivity index (χ4v) is 2.07. The topological polar surface area (TPSA) is 15.3 Å². The molecule has 0 aromatic heterocycles. The minimum absolute atomic E-state index is 0.0601. The van der Waals surface area contributed by atoms with Crippen LogP contribution in [0.2, 0.25) is 0 Å². The first-order valence-electron chi connectivity index (χ1n) is 5.94. The maximum Gasteiger partial charge on any atom is 0.126 e. The third kappa shape index (κ3) is 3.03. The largest absolute Gasteiger partial charge is 0.314 e. The van der Waals surface area contributed by atoms with Gasteiger partial charge >= 0.3 is 0 Å². The molecule has 88 valence electrons. The summed E-state index contributed by atoms with van der Waals surface area (Å²) >= 11 is 0. The average molecular weight is 222 g/mol. The Morgan fingerprint density at radius 3 is 2.75 bits per heavy atom. The minimum atomic E-state index is -0.0601. The van der Waals surface area contributed by atoms with Crippen molar-refractivity contribution in [1.29, 1.82) is 0 Å². The van der Waals surface area contributed by atoms with E-state index in [0.29, 0.717) is 0 Å². The number of hydrogen-bond donors (Lipinski definition) is 1. The van der Waals surface area contributed by atoms with E-state index in [4.69, 9.17) is 0 Å². The Kier molecular flexibility index (Phi) is 3.91. The van der Waals surface area contributed by atoms with Crippen LogP contribution in [0.15, 0.2) is 18.2 Å². The molecule has 1 fully saturated rings. The molecule has 0 spiro atoms. The number of nitrogens with zero attached hydrogens (tertiary/aromatic N) is 1. The fraction of sp³-hybridized carbons (Fsp3) is 0.538. The van der Waals surface area contributed by atoms with E-state index in [1.54, 1.807) is 6.07 Å². The molecule has 0 aliphatic carbocycles. The summed E-state index contributed by atoms with van der Waals surface area (Å²) in [5.74, 6) is -0.0601. The number of halogens is 1. The van der Waals surface area contributed by atoms with Crippen LogP contribution in [0.4, 0.5) is 4.39 Å². The standard InChI is InChI=1S/C13H19FN2/c1-11-2-3-12(13(14)10-11)4-7-16-8-5-15-6-9-16/h2-3,10,15H,4-9H2,1H3. The molecule has 1 aromatic carbocycles. The van der Waals surface area contributed by atoms with Gasteiger partial charge in [-0.25, -0.2) is 4.39 Å². The summed E-state index contributed by atoms with van der Waals surface area (Å²) in [6.07, 6.45) is 0.812. The number of benzene rings is 1. The lowest BCUT2D eigenvalue weighted by Gasteiger charge is -2.27. The third-order valence-corrected chi connectivity index (χ3v) is 3.12. The maximum atomic E-state index is 13.6. The first-order valence-corrected chi connectivity index (χ1v) is 5.94. The number of aryl methyl sites for hydroxylation is 1. The lowest BCUT2D eigenvalue weighted by atomic mass is 10.1. The van der Waals surface area contributed by atoms with E-state index < -0.39 is 0 Å². The molecule has 1 aliphatic heterocycles. The highest BCUT2D eigenvalue weighted by Crippen LogP contribution is 2.11. The molecular weight excluding hydrogens is 203 g/mol. The van der Waals surface area contributed by atoms with Crippen LogP contribution in [0.5, 0.6) is 0 Å². The van der Waals surface area contributed by atoms with Crippen LogP contribution in [0.3, 0.4) is 0 Å². The smallest absolute Gasteiger partial charge is 0.126 e. The molecule has 1 heterocycles.